The number of nitrogens with zero attached hydrogens (tertiary/aromatic N) is 2. The predicted molar refractivity (Wildman–Crippen MR) is 59.2 cm³/mol. The van der Waals surface area contributed by atoms with Crippen LogP contribution in [-0.2, 0) is 0 Å². The van der Waals surface area contributed by atoms with Crippen molar-refractivity contribution in [1.82, 2.24) is 0 Å². The molecule has 4 heteroatoms. The van der Waals surface area contributed by atoms with Gasteiger partial charge in [-0.3, -0.25) is 0 Å². The highest BCUT2D eigenvalue weighted by Gasteiger charge is 2.36. The van der Waals surface area contributed by atoms with Crippen molar-refractivity contribution in [2.45, 2.75) is 13.3 Å². The number of nitrogens with two attached hydrogens (primary N) is 2. The second-order valence-electron chi connectivity index (χ2n) is 4.91. The van der Waals surface area contributed by atoms with E-state index in [1.807, 2.05) is 0 Å². The van der Waals surface area contributed by atoms with Crippen molar-refractivity contribution in [3.05, 3.63) is 0 Å². The summed E-state index contributed by atoms with van der Waals surface area (Å²) in [6.45, 7) is 9.86. The van der Waals surface area contributed by atoms with Gasteiger partial charge in [0.1, 0.15) is 26.2 Å². The van der Waals surface area contributed by atoms with Gasteiger partial charge in [-0.25, -0.2) is 4.59 Å². The van der Waals surface area contributed by atoms with Crippen LogP contribution in [-0.4, -0.2) is 61.9 Å². The molecule has 14 heavy (non-hydrogen) atoms. The first-order valence-corrected chi connectivity index (χ1v) is 5.72. The molecule has 0 saturated carbocycles. The second-order valence-corrected chi connectivity index (χ2v) is 4.91. The Morgan fingerprint density at radius 2 is 1.71 bits per heavy atom. The minimum Gasteiger partial charge on any atom is -0.330 e. The summed E-state index contributed by atoms with van der Waals surface area (Å²) in [7, 11) is 2.33. The van der Waals surface area contributed by atoms with Crippen LogP contribution in [0.1, 0.15) is 13.3 Å². The summed E-state index contributed by atoms with van der Waals surface area (Å²) in [5.41, 5.74) is 5.55. The Hall–Kier alpha value is -0.160. The van der Waals surface area contributed by atoms with E-state index in [1.165, 1.54) is 19.6 Å². The number of piperazine rings is 1. The van der Waals surface area contributed by atoms with Gasteiger partial charge < -0.3 is 10.2 Å². The molecule has 0 aromatic heterocycles. The van der Waals surface area contributed by atoms with E-state index >= 15 is 0 Å². The van der Waals surface area contributed by atoms with Crippen LogP contribution in [0.25, 0.3) is 0 Å². The fourth-order valence-electron chi connectivity index (χ4n) is 2.12. The maximum absolute atomic E-state index is 6.21. The average Bonchev–Trinajstić information content (AvgIpc) is 2.21. The second kappa shape index (κ2) is 4.57. The smallest absolute Gasteiger partial charge is 0.146 e. The third kappa shape index (κ3) is 2.92. The lowest BCUT2D eigenvalue weighted by Crippen LogP contribution is -2.68. The number of hydrogen-bond acceptors (Lipinski definition) is 2. The van der Waals surface area contributed by atoms with Gasteiger partial charge in [-0.1, -0.05) is 0 Å². The molecule has 4 nitrogen and oxygen atoms in total. The number of likely N-dealkylation sites (N-methyl/N-ethyl adjacent to an activating group) is 2. The van der Waals surface area contributed by atoms with Gasteiger partial charge in [0.15, 0.2) is 0 Å². The Bertz CT molecular complexity index is 173. The van der Waals surface area contributed by atoms with Crippen LogP contribution in [0.5, 0.6) is 0 Å². The molecule has 1 heterocycles. The molecule has 0 aliphatic carbocycles. The highest BCUT2D eigenvalue weighted by atomic mass is 15.6. The molecule has 0 amide bonds. The quantitative estimate of drug-likeness (QED) is 0.477. The van der Waals surface area contributed by atoms with Gasteiger partial charge in [-0.2, -0.15) is 5.84 Å². The Morgan fingerprint density at radius 3 is 2.14 bits per heavy atom. The molecule has 0 bridgehead atoms. The minimum absolute atomic E-state index is 0.760. The van der Waals surface area contributed by atoms with Gasteiger partial charge in [-0.15, -0.1) is 0 Å². The molecule has 1 rings (SSSR count). The molecule has 1 saturated heterocycles. The molecule has 1 fully saturated rings. The minimum atomic E-state index is 0.760. The highest BCUT2D eigenvalue weighted by molar-refractivity contribution is 4.49. The normalized spacial score (nSPS) is 38.6. The lowest BCUT2D eigenvalue weighted by molar-refractivity contribution is -1.03. The van der Waals surface area contributed by atoms with Crippen LogP contribution < -0.4 is 11.6 Å². The topological polar surface area (TPSA) is 52.0 Å². The van der Waals surface area contributed by atoms with E-state index in [-0.39, 0.29) is 0 Å². The Morgan fingerprint density at radius 1 is 1.14 bits per heavy atom. The number of quaternary nitrogens is 2. The molecule has 0 radical (unpaired) electrons. The lowest BCUT2D eigenvalue weighted by atomic mass is 10.2. The van der Waals surface area contributed by atoms with Crippen LogP contribution >= 0.6 is 0 Å². The first kappa shape index (κ1) is 11.9. The van der Waals surface area contributed by atoms with Crippen LogP contribution in [0.15, 0.2) is 0 Å². The first-order chi connectivity index (χ1) is 6.54. The maximum Gasteiger partial charge on any atom is 0.146 e. The van der Waals surface area contributed by atoms with Gasteiger partial charge in [-0.05, 0) is 13.5 Å². The summed E-state index contributed by atoms with van der Waals surface area (Å²) in [6, 6.07) is 0. The van der Waals surface area contributed by atoms with Crippen molar-refractivity contribution in [2.24, 2.45) is 11.6 Å². The SMILES string of the molecule is CC[N+]1(N)CC[N+](C)(CCCN)CC1. The summed E-state index contributed by atoms with van der Waals surface area (Å²) in [5.74, 6) is 6.21. The van der Waals surface area contributed by atoms with Crippen LogP contribution in [0.4, 0.5) is 0 Å². The van der Waals surface area contributed by atoms with Crippen molar-refractivity contribution < 1.29 is 9.08 Å². The largest absolute Gasteiger partial charge is 0.330 e. The van der Waals surface area contributed by atoms with E-state index in [2.05, 4.69) is 14.0 Å². The Labute approximate surface area is 87.6 Å². The molecular formula is C10H26N4+2. The van der Waals surface area contributed by atoms with E-state index in [0.29, 0.717) is 0 Å². The third-order valence-corrected chi connectivity index (χ3v) is 3.70. The zero-order valence-corrected chi connectivity index (χ0v) is 9.71. The molecule has 84 valence electrons. The summed E-state index contributed by atoms with van der Waals surface area (Å²) < 4.78 is 1.92. The first-order valence-electron chi connectivity index (χ1n) is 5.72. The van der Waals surface area contributed by atoms with E-state index in [1.54, 1.807) is 0 Å². The summed E-state index contributed by atoms with van der Waals surface area (Å²) in [6.07, 6.45) is 1.13. The lowest BCUT2D eigenvalue weighted by Gasteiger charge is -2.44. The zero-order valence-electron chi connectivity index (χ0n) is 9.71. The summed E-state index contributed by atoms with van der Waals surface area (Å²) >= 11 is 0. The molecule has 1 aliphatic rings. The van der Waals surface area contributed by atoms with Crippen molar-refractivity contribution in [3.8, 4) is 0 Å². The van der Waals surface area contributed by atoms with Gasteiger partial charge in [0, 0.05) is 6.42 Å². The zero-order chi connectivity index (χ0) is 10.7. The van der Waals surface area contributed by atoms with Gasteiger partial charge in [0.2, 0.25) is 0 Å². The molecule has 0 aromatic carbocycles. The number of hydrogen-bond donors (Lipinski definition) is 2. The number of rotatable bonds is 4. The van der Waals surface area contributed by atoms with Crippen molar-refractivity contribution in [1.29, 1.82) is 0 Å². The van der Waals surface area contributed by atoms with Gasteiger partial charge in [0.25, 0.3) is 0 Å². The Balaban J connectivity index is 2.40. The van der Waals surface area contributed by atoms with Gasteiger partial charge in [0.05, 0.1) is 20.1 Å². The van der Waals surface area contributed by atoms with Gasteiger partial charge >= 0.3 is 0 Å². The fourth-order valence-corrected chi connectivity index (χ4v) is 2.12. The summed E-state index contributed by atoms with van der Waals surface area (Å²) in [5, 5.41) is 0. The molecule has 0 unspecified atom stereocenters. The van der Waals surface area contributed by atoms with Crippen LogP contribution in [0, 0.1) is 0 Å². The van der Waals surface area contributed by atoms with Crippen molar-refractivity contribution in [3.63, 3.8) is 0 Å². The van der Waals surface area contributed by atoms with Crippen LogP contribution in [0.3, 0.4) is 0 Å². The average molecular weight is 202 g/mol. The molecule has 4 N–H and O–H groups in total. The van der Waals surface area contributed by atoms with E-state index in [4.69, 9.17) is 11.6 Å². The standard InChI is InChI=1S/C10H26N4/c1-3-14(12)9-7-13(2,8-10-14)6-4-5-11/h3-12H2,1-2H3/q+2. The molecule has 0 atom stereocenters. The molecular weight excluding hydrogens is 176 g/mol. The highest BCUT2D eigenvalue weighted by Crippen LogP contribution is 2.13. The molecule has 0 aromatic rings. The molecule has 1 aliphatic heterocycles. The third-order valence-electron chi connectivity index (χ3n) is 3.70. The van der Waals surface area contributed by atoms with E-state index < -0.39 is 0 Å². The van der Waals surface area contributed by atoms with Crippen molar-refractivity contribution >= 4 is 0 Å². The maximum atomic E-state index is 6.21. The van der Waals surface area contributed by atoms with Crippen molar-refractivity contribution in [2.75, 3.05) is 52.9 Å². The monoisotopic (exact) mass is 202 g/mol. The van der Waals surface area contributed by atoms with Crippen LogP contribution in [0.2, 0.25) is 0 Å². The predicted octanol–water partition coefficient (Wildman–Crippen LogP) is -0.494. The van der Waals surface area contributed by atoms with E-state index in [0.717, 1.165) is 41.7 Å². The van der Waals surface area contributed by atoms with E-state index in [9.17, 15) is 0 Å². The molecule has 0 spiro atoms. The fraction of sp³-hybridized carbons (Fsp3) is 1.00. The Kier molecular flexibility index (Phi) is 3.89. The summed E-state index contributed by atoms with van der Waals surface area (Å²) in [4.78, 5) is 0.